The number of carbonyl (C=O) groups is 2. The minimum absolute atomic E-state index is 0.0365. The number of anilines is 2. The highest BCUT2D eigenvalue weighted by atomic mass is 19.1. The van der Waals surface area contributed by atoms with Crippen LogP contribution in [0.1, 0.15) is 51.6 Å². The Hall–Kier alpha value is -4.26. The monoisotopic (exact) mass is 495 g/mol. The molecule has 0 radical (unpaired) electrons. The summed E-state index contributed by atoms with van der Waals surface area (Å²) < 4.78 is 20.2. The maximum absolute atomic E-state index is 13.7. The largest absolute Gasteiger partial charge is 0.437 e. The lowest BCUT2D eigenvalue weighted by Crippen LogP contribution is -2.34. The van der Waals surface area contributed by atoms with Crippen LogP contribution in [0.5, 0.6) is 0 Å². The number of amides is 1. The van der Waals surface area contributed by atoms with Gasteiger partial charge in [-0.25, -0.2) is 9.38 Å². The molecular weight excluding hydrogens is 469 g/mol. The third kappa shape index (κ3) is 4.42. The number of hydrogen-bond acceptors (Lipinski definition) is 5. The second kappa shape index (κ2) is 9.32. The molecule has 0 aliphatic carbocycles. The van der Waals surface area contributed by atoms with Crippen LogP contribution < -0.4 is 15.8 Å². The van der Waals surface area contributed by atoms with Crippen molar-refractivity contribution in [3.05, 3.63) is 94.3 Å². The zero-order valence-corrected chi connectivity index (χ0v) is 20.5. The third-order valence-electron chi connectivity index (χ3n) is 7.06. The molecule has 4 aromatic rings. The summed E-state index contributed by atoms with van der Waals surface area (Å²) in [6.07, 6.45) is 4.04. The number of benzene rings is 3. The van der Waals surface area contributed by atoms with E-state index < -0.39 is 11.7 Å². The van der Waals surface area contributed by atoms with Gasteiger partial charge in [0.1, 0.15) is 17.0 Å². The molecule has 0 saturated carbocycles. The van der Waals surface area contributed by atoms with Crippen LogP contribution in [0, 0.1) is 5.82 Å². The Morgan fingerprint density at radius 2 is 1.78 bits per heavy atom. The topological polar surface area (TPSA) is 74.9 Å². The van der Waals surface area contributed by atoms with Crippen LogP contribution >= 0.6 is 0 Å². The van der Waals surface area contributed by atoms with Gasteiger partial charge < -0.3 is 14.6 Å². The lowest BCUT2D eigenvalue weighted by atomic mass is 9.90. The van der Waals surface area contributed by atoms with Crippen LogP contribution in [-0.2, 0) is 12.8 Å². The third-order valence-corrected chi connectivity index (χ3v) is 7.06. The summed E-state index contributed by atoms with van der Waals surface area (Å²) in [6, 6.07) is 16.6. The molecule has 0 spiro atoms. The van der Waals surface area contributed by atoms with E-state index in [4.69, 9.17) is 4.42 Å². The number of fused-ring (bicyclic) bond motifs is 2. The Bertz CT molecular complexity index is 1620. The van der Waals surface area contributed by atoms with Gasteiger partial charge in [0, 0.05) is 41.0 Å². The highest BCUT2D eigenvalue weighted by Gasteiger charge is 2.27. The highest BCUT2D eigenvalue weighted by molar-refractivity contribution is 6.06. The molecule has 1 N–H and O–H groups in total. The molecule has 0 atom stereocenters. The molecule has 37 heavy (non-hydrogen) atoms. The molecule has 2 aliphatic rings. The van der Waals surface area contributed by atoms with Crippen LogP contribution in [0.15, 0.2) is 70.1 Å². The van der Waals surface area contributed by atoms with Crippen molar-refractivity contribution in [1.82, 2.24) is 0 Å². The van der Waals surface area contributed by atoms with Gasteiger partial charge in [0.15, 0.2) is 5.78 Å². The van der Waals surface area contributed by atoms with E-state index in [2.05, 4.69) is 21.3 Å². The molecule has 186 valence electrons. The molecular formula is C30H26FN3O3. The molecule has 7 heteroatoms. The van der Waals surface area contributed by atoms with Crippen molar-refractivity contribution in [1.29, 1.82) is 0 Å². The molecule has 0 unspecified atom stereocenters. The minimum Gasteiger partial charge on any atom is -0.437 e. The van der Waals surface area contributed by atoms with Crippen LogP contribution in [0.25, 0.3) is 11.0 Å². The van der Waals surface area contributed by atoms with Crippen LogP contribution in [0.2, 0.25) is 0 Å². The number of nitrogens with one attached hydrogen (secondary N) is 1. The summed E-state index contributed by atoms with van der Waals surface area (Å²) in [7, 11) is 0. The van der Waals surface area contributed by atoms with Gasteiger partial charge in [-0.15, -0.1) is 0 Å². The maximum atomic E-state index is 13.7. The summed E-state index contributed by atoms with van der Waals surface area (Å²) >= 11 is 0. The van der Waals surface area contributed by atoms with E-state index >= 15 is 0 Å². The molecule has 0 saturated heterocycles. The van der Waals surface area contributed by atoms with Gasteiger partial charge in [-0.05, 0) is 92.8 Å². The van der Waals surface area contributed by atoms with Crippen molar-refractivity contribution in [2.75, 3.05) is 23.3 Å². The first-order chi connectivity index (χ1) is 18.0. The predicted octanol–water partition coefficient (Wildman–Crippen LogP) is 5.96. The summed E-state index contributed by atoms with van der Waals surface area (Å²) in [6.45, 7) is 3.59. The average Bonchev–Trinajstić information content (AvgIpc) is 2.89. The molecule has 6 rings (SSSR count). The van der Waals surface area contributed by atoms with Gasteiger partial charge in [-0.3, -0.25) is 9.59 Å². The average molecular weight is 496 g/mol. The van der Waals surface area contributed by atoms with Crippen molar-refractivity contribution in [2.24, 2.45) is 4.99 Å². The summed E-state index contributed by atoms with van der Waals surface area (Å²) in [5.74, 6) is -0.916. The first kappa shape index (κ1) is 23.2. The summed E-state index contributed by atoms with van der Waals surface area (Å²) in [5, 5.41) is 3.63. The summed E-state index contributed by atoms with van der Waals surface area (Å²) in [4.78, 5) is 32.2. The number of hydrogen-bond donors (Lipinski definition) is 1. The van der Waals surface area contributed by atoms with Crippen LogP contribution in [0.3, 0.4) is 0 Å². The number of aryl methyl sites for hydroxylation is 2. The zero-order chi connectivity index (χ0) is 25.5. The number of rotatable bonds is 4. The molecule has 2 aliphatic heterocycles. The molecule has 0 fully saturated rings. The fourth-order valence-corrected chi connectivity index (χ4v) is 5.35. The number of halogens is 1. The van der Waals surface area contributed by atoms with E-state index in [1.54, 1.807) is 36.4 Å². The Kier molecular flexibility index (Phi) is 5.83. The number of Topliss-reactive ketones (excluding diaryl/α,β-unsaturated/α-hetero) is 1. The van der Waals surface area contributed by atoms with Crippen molar-refractivity contribution in [3.8, 4) is 0 Å². The second-order valence-electron chi connectivity index (χ2n) is 9.62. The molecule has 1 amide bonds. The van der Waals surface area contributed by atoms with E-state index in [9.17, 15) is 14.0 Å². The first-order valence-electron chi connectivity index (χ1n) is 12.6. The van der Waals surface area contributed by atoms with Crippen LogP contribution in [-0.4, -0.2) is 24.8 Å². The number of carbonyl (C=O) groups excluding carboxylic acids is 2. The smallest absolute Gasteiger partial charge is 0.261 e. The SMILES string of the molecule is CC(=O)c1ccc(N=c2oc3c4c5c(cc3cc2C(=O)Nc2cccc(F)c2)CCCN5CCC4)cc1. The Morgan fingerprint density at radius 1 is 1.00 bits per heavy atom. The van der Waals surface area contributed by atoms with E-state index in [1.807, 2.05) is 6.07 Å². The quantitative estimate of drug-likeness (QED) is 0.355. The van der Waals surface area contributed by atoms with Gasteiger partial charge in [-0.2, -0.15) is 0 Å². The molecule has 3 heterocycles. The van der Waals surface area contributed by atoms with E-state index in [0.29, 0.717) is 16.9 Å². The van der Waals surface area contributed by atoms with Crippen molar-refractivity contribution in [2.45, 2.75) is 32.6 Å². The molecule has 6 nitrogen and oxygen atoms in total. The Balaban J connectivity index is 1.54. The van der Waals surface area contributed by atoms with Crippen molar-refractivity contribution < 1.29 is 18.4 Å². The number of ketones is 1. The van der Waals surface area contributed by atoms with Gasteiger partial charge in [0.25, 0.3) is 5.91 Å². The van der Waals surface area contributed by atoms with E-state index in [-0.39, 0.29) is 16.9 Å². The lowest BCUT2D eigenvalue weighted by Gasteiger charge is -2.37. The second-order valence-corrected chi connectivity index (χ2v) is 9.62. The molecule has 3 aromatic carbocycles. The fourth-order valence-electron chi connectivity index (χ4n) is 5.35. The highest BCUT2D eigenvalue weighted by Crippen LogP contribution is 2.39. The lowest BCUT2D eigenvalue weighted by molar-refractivity contribution is 0.101. The standard InChI is InChI=1S/C30H26FN3O3/c1-18(35)19-9-11-23(12-10-19)33-30-26(29(36)32-24-7-2-6-22(31)17-24)16-21-15-20-5-3-13-34-14-4-8-25(27(20)34)28(21)37-30/h2,6-7,9-12,15-17H,3-5,8,13-14H2,1H3,(H,32,36). The van der Waals surface area contributed by atoms with Gasteiger partial charge in [0.05, 0.1) is 5.69 Å². The van der Waals surface area contributed by atoms with Crippen molar-refractivity contribution in [3.63, 3.8) is 0 Å². The van der Waals surface area contributed by atoms with Crippen LogP contribution in [0.4, 0.5) is 21.5 Å². The number of nitrogens with zero attached hydrogens (tertiary/aromatic N) is 2. The van der Waals surface area contributed by atoms with Gasteiger partial charge >= 0.3 is 0 Å². The maximum Gasteiger partial charge on any atom is 0.261 e. The zero-order valence-electron chi connectivity index (χ0n) is 20.5. The minimum atomic E-state index is -0.441. The van der Waals surface area contributed by atoms with E-state index in [0.717, 1.165) is 49.7 Å². The normalized spacial score (nSPS) is 15.0. The first-order valence-corrected chi connectivity index (χ1v) is 12.6. The predicted molar refractivity (Wildman–Crippen MR) is 141 cm³/mol. The molecule has 0 bridgehead atoms. The fraction of sp³-hybridized carbons (Fsp3) is 0.233. The van der Waals surface area contributed by atoms with Crippen molar-refractivity contribution >= 4 is 39.7 Å². The Labute approximate surface area is 213 Å². The van der Waals surface area contributed by atoms with Gasteiger partial charge in [0.2, 0.25) is 5.55 Å². The summed E-state index contributed by atoms with van der Waals surface area (Å²) in [5.41, 5.74) is 6.36. The van der Waals surface area contributed by atoms with Gasteiger partial charge in [-0.1, -0.05) is 6.07 Å². The Morgan fingerprint density at radius 3 is 2.54 bits per heavy atom. The molecule has 1 aromatic heterocycles. The van der Waals surface area contributed by atoms with E-state index in [1.165, 1.54) is 35.9 Å².